The predicted octanol–water partition coefficient (Wildman–Crippen LogP) is 1.49. The van der Waals surface area contributed by atoms with Crippen molar-refractivity contribution in [3.63, 3.8) is 0 Å². The molecule has 0 aliphatic rings. The summed E-state index contributed by atoms with van der Waals surface area (Å²) in [5.74, 6) is 6.71. The SMILES string of the molecule is CSCCN(C)C(=O)c1csc(C#CCN)c1. The van der Waals surface area contributed by atoms with Gasteiger partial charge in [0, 0.05) is 24.7 Å². The topological polar surface area (TPSA) is 46.3 Å². The van der Waals surface area contributed by atoms with Gasteiger partial charge in [-0.15, -0.1) is 11.3 Å². The van der Waals surface area contributed by atoms with E-state index in [1.54, 1.807) is 16.7 Å². The average Bonchev–Trinajstić information content (AvgIpc) is 2.81. The van der Waals surface area contributed by atoms with Crippen LogP contribution in [0, 0.1) is 11.8 Å². The molecule has 0 saturated carbocycles. The van der Waals surface area contributed by atoms with Crippen LogP contribution in [-0.4, -0.2) is 43.0 Å². The molecule has 3 nitrogen and oxygen atoms in total. The Morgan fingerprint density at radius 3 is 3.06 bits per heavy atom. The minimum atomic E-state index is 0.0519. The zero-order chi connectivity index (χ0) is 12.7. The number of rotatable bonds is 4. The predicted molar refractivity (Wildman–Crippen MR) is 75.6 cm³/mol. The lowest BCUT2D eigenvalue weighted by atomic mass is 10.2. The van der Waals surface area contributed by atoms with Crippen LogP contribution in [0.4, 0.5) is 0 Å². The van der Waals surface area contributed by atoms with Crippen LogP contribution in [0.2, 0.25) is 0 Å². The molecule has 1 amide bonds. The zero-order valence-corrected chi connectivity index (χ0v) is 11.7. The van der Waals surface area contributed by atoms with Gasteiger partial charge >= 0.3 is 0 Å². The number of nitrogens with zero attached hydrogens (tertiary/aromatic N) is 1. The number of thioether (sulfide) groups is 1. The van der Waals surface area contributed by atoms with Gasteiger partial charge in [-0.2, -0.15) is 11.8 Å². The number of hydrogen-bond acceptors (Lipinski definition) is 4. The van der Waals surface area contributed by atoms with Crippen LogP contribution in [0.5, 0.6) is 0 Å². The number of thiophene rings is 1. The summed E-state index contributed by atoms with van der Waals surface area (Å²) in [6.45, 7) is 1.11. The van der Waals surface area contributed by atoms with Gasteiger partial charge in [0.1, 0.15) is 0 Å². The molecule has 0 bridgehead atoms. The molecule has 2 N–H and O–H groups in total. The molecule has 0 atom stereocenters. The highest BCUT2D eigenvalue weighted by Crippen LogP contribution is 2.15. The summed E-state index contributed by atoms with van der Waals surface area (Å²) < 4.78 is 0. The summed E-state index contributed by atoms with van der Waals surface area (Å²) >= 11 is 3.21. The van der Waals surface area contributed by atoms with Crippen LogP contribution in [0.15, 0.2) is 11.4 Å². The highest BCUT2D eigenvalue weighted by Gasteiger charge is 2.12. The molecule has 0 unspecified atom stereocenters. The first-order valence-corrected chi connectivity index (χ1v) is 7.48. The third-order valence-corrected chi connectivity index (χ3v) is 3.57. The minimum Gasteiger partial charge on any atom is -0.341 e. The Morgan fingerprint density at radius 1 is 1.65 bits per heavy atom. The first-order chi connectivity index (χ1) is 8.19. The van der Waals surface area contributed by atoms with E-state index in [1.807, 2.05) is 24.7 Å². The van der Waals surface area contributed by atoms with Gasteiger partial charge in [0.25, 0.3) is 5.91 Å². The van der Waals surface area contributed by atoms with Gasteiger partial charge in [-0.25, -0.2) is 0 Å². The monoisotopic (exact) mass is 268 g/mol. The Kier molecular flexibility index (Phi) is 6.12. The molecule has 0 aliphatic heterocycles. The summed E-state index contributed by atoms with van der Waals surface area (Å²) in [6.07, 6.45) is 2.03. The number of nitrogens with two attached hydrogens (primary N) is 1. The van der Waals surface area contributed by atoms with Crippen LogP contribution in [0.3, 0.4) is 0 Å². The number of amides is 1. The van der Waals surface area contributed by atoms with Crippen molar-refractivity contribution in [2.24, 2.45) is 5.73 Å². The molecule has 0 radical (unpaired) electrons. The summed E-state index contributed by atoms with van der Waals surface area (Å²) in [4.78, 5) is 14.6. The fraction of sp³-hybridized carbons (Fsp3) is 0.417. The number of hydrogen-bond donors (Lipinski definition) is 1. The molecule has 0 aromatic carbocycles. The van der Waals surface area contributed by atoms with Crippen LogP contribution in [-0.2, 0) is 0 Å². The number of carbonyl (C=O) groups excluding carboxylic acids is 1. The van der Waals surface area contributed by atoms with Gasteiger partial charge in [-0.05, 0) is 12.3 Å². The largest absolute Gasteiger partial charge is 0.341 e. The van der Waals surface area contributed by atoms with Crippen LogP contribution < -0.4 is 5.73 Å². The second kappa shape index (κ2) is 7.38. The molecule has 1 rings (SSSR count). The lowest BCUT2D eigenvalue weighted by molar-refractivity contribution is 0.0804. The maximum Gasteiger partial charge on any atom is 0.254 e. The van der Waals surface area contributed by atoms with Crippen LogP contribution in [0.25, 0.3) is 0 Å². The van der Waals surface area contributed by atoms with Crippen molar-refractivity contribution < 1.29 is 4.79 Å². The fourth-order valence-electron chi connectivity index (χ4n) is 1.20. The van der Waals surface area contributed by atoms with E-state index in [1.165, 1.54) is 11.3 Å². The third kappa shape index (κ3) is 4.43. The molecular weight excluding hydrogens is 252 g/mol. The van der Waals surface area contributed by atoms with E-state index in [-0.39, 0.29) is 5.91 Å². The van der Waals surface area contributed by atoms with Crippen molar-refractivity contribution in [2.45, 2.75) is 0 Å². The van der Waals surface area contributed by atoms with Crippen molar-refractivity contribution >= 4 is 29.0 Å². The van der Waals surface area contributed by atoms with E-state index in [0.29, 0.717) is 12.1 Å². The molecule has 1 aromatic rings. The van der Waals surface area contributed by atoms with E-state index in [9.17, 15) is 4.79 Å². The van der Waals surface area contributed by atoms with E-state index in [4.69, 9.17) is 5.73 Å². The number of carbonyl (C=O) groups is 1. The molecule has 92 valence electrons. The molecule has 1 aromatic heterocycles. The summed E-state index contributed by atoms with van der Waals surface area (Å²) in [5, 5.41) is 1.85. The third-order valence-electron chi connectivity index (χ3n) is 2.14. The first kappa shape index (κ1) is 14.1. The van der Waals surface area contributed by atoms with Crippen LogP contribution in [0.1, 0.15) is 15.2 Å². The van der Waals surface area contributed by atoms with E-state index in [0.717, 1.165) is 17.2 Å². The first-order valence-electron chi connectivity index (χ1n) is 5.21. The summed E-state index contributed by atoms with van der Waals surface area (Å²) in [7, 11) is 1.82. The van der Waals surface area contributed by atoms with E-state index >= 15 is 0 Å². The molecule has 1 heterocycles. The molecule has 0 fully saturated rings. The van der Waals surface area contributed by atoms with Crippen molar-refractivity contribution in [1.82, 2.24) is 4.90 Å². The Balaban J connectivity index is 2.66. The van der Waals surface area contributed by atoms with Gasteiger partial charge in [-0.1, -0.05) is 11.8 Å². The Labute approximate surface area is 110 Å². The van der Waals surface area contributed by atoms with Gasteiger partial charge in [-0.3, -0.25) is 4.79 Å². The summed E-state index contributed by atoms with van der Waals surface area (Å²) in [5.41, 5.74) is 6.01. The Bertz CT molecular complexity index is 431. The molecule has 0 aliphatic carbocycles. The lowest BCUT2D eigenvalue weighted by Crippen LogP contribution is -2.28. The van der Waals surface area contributed by atoms with Gasteiger partial charge in [0.15, 0.2) is 0 Å². The van der Waals surface area contributed by atoms with Gasteiger partial charge in [0.2, 0.25) is 0 Å². The van der Waals surface area contributed by atoms with Gasteiger partial charge < -0.3 is 10.6 Å². The lowest BCUT2D eigenvalue weighted by Gasteiger charge is -2.15. The van der Waals surface area contributed by atoms with Crippen molar-refractivity contribution in [2.75, 3.05) is 32.1 Å². The second-order valence-electron chi connectivity index (χ2n) is 3.43. The standard InChI is InChI=1S/C12H16N2OS2/c1-14(6-7-16-2)12(15)10-8-11(17-9-10)4-3-5-13/h8-9H,5-7,13H2,1-2H3. The highest BCUT2D eigenvalue weighted by molar-refractivity contribution is 7.98. The Hall–Kier alpha value is -0.960. The average molecular weight is 268 g/mol. The van der Waals surface area contributed by atoms with Crippen LogP contribution >= 0.6 is 23.1 Å². The van der Waals surface area contributed by atoms with E-state index < -0.39 is 0 Å². The zero-order valence-electron chi connectivity index (χ0n) is 10.0. The highest BCUT2D eigenvalue weighted by atomic mass is 32.2. The molecule has 17 heavy (non-hydrogen) atoms. The van der Waals surface area contributed by atoms with Crippen molar-refractivity contribution in [1.29, 1.82) is 0 Å². The minimum absolute atomic E-state index is 0.0519. The maximum absolute atomic E-state index is 12.0. The van der Waals surface area contributed by atoms with E-state index in [2.05, 4.69) is 11.8 Å². The normalized spacial score (nSPS) is 9.59. The second-order valence-corrected chi connectivity index (χ2v) is 5.32. The Morgan fingerprint density at radius 2 is 2.41 bits per heavy atom. The summed E-state index contributed by atoms with van der Waals surface area (Å²) in [6, 6.07) is 1.82. The molecule has 0 spiro atoms. The quantitative estimate of drug-likeness (QED) is 0.842. The smallest absolute Gasteiger partial charge is 0.254 e. The van der Waals surface area contributed by atoms with Crippen molar-refractivity contribution in [3.05, 3.63) is 21.9 Å². The maximum atomic E-state index is 12.0. The molecular formula is C12H16N2OS2. The fourth-order valence-corrected chi connectivity index (χ4v) is 2.41. The van der Waals surface area contributed by atoms with Gasteiger partial charge in [0.05, 0.1) is 17.0 Å². The molecule has 0 saturated heterocycles. The molecule has 5 heteroatoms. The van der Waals surface area contributed by atoms with Crippen molar-refractivity contribution in [3.8, 4) is 11.8 Å².